The highest BCUT2D eigenvalue weighted by atomic mass is 16.5. The molecule has 3 rings (SSSR count). The maximum absolute atomic E-state index is 12.2. The van der Waals surface area contributed by atoms with Gasteiger partial charge in [-0.25, -0.2) is 4.79 Å². The van der Waals surface area contributed by atoms with Crippen LogP contribution in [0.3, 0.4) is 0 Å². The van der Waals surface area contributed by atoms with Gasteiger partial charge in [0.1, 0.15) is 11.4 Å². The second kappa shape index (κ2) is 6.99. The zero-order chi connectivity index (χ0) is 18.8. The lowest BCUT2D eigenvalue weighted by Gasteiger charge is -2.09. The molecular formula is C18H19N3O5. The average Bonchev–Trinajstić information content (AvgIpc) is 3.05. The van der Waals surface area contributed by atoms with Crippen LogP contribution in [-0.4, -0.2) is 27.9 Å². The lowest BCUT2D eigenvalue weighted by molar-refractivity contribution is -0.141. The number of nitrogens with one attached hydrogen (secondary N) is 1. The maximum atomic E-state index is 12.2. The molecule has 8 heteroatoms. The van der Waals surface area contributed by atoms with Gasteiger partial charge < -0.3 is 10.5 Å². The van der Waals surface area contributed by atoms with Crippen LogP contribution in [-0.2, 0) is 35.8 Å². The Balaban J connectivity index is 1.65. The number of aryl methyl sites for hydroxylation is 2. The number of ether oxygens (including phenoxy) is 1. The minimum atomic E-state index is -0.898. The van der Waals surface area contributed by atoms with Crippen molar-refractivity contribution < 1.29 is 14.3 Å². The molecule has 136 valence electrons. The first kappa shape index (κ1) is 17.7. The normalized spacial score (nSPS) is 12.7. The summed E-state index contributed by atoms with van der Waals surface area (Å²) in [5, 5.41) is 0. The standard InChI is InChI=1S/C18H19N3O5/c1-21-16(19)15(17(24)20-18(21)25)13(22)9-26-14(23)8-10-5-6-11-3-2-4-12(11)7-10/h5-7H,2-4,8-9,19H2,1H3,(H,20,24,25). The van der Waals surface area contributed by atoms with Crippen molar-refractivity contribution in [1.29, 1.82) is 0 Å². The molecule has 0 saturated carbocycles. The molecule has 1 aliphatic rings. The molecule has 8 nitrogen and oxygen atoms in total. The largest absolute Gasteiger partial charge is 0.457 e. The molecule has 1 heterocycles. The quantitative estimate of drug-likeness (QED) is 0.578. The van der Waals surface area contributed by atoms with Gasteiger partial charge in [-0.2, -0.15) is 0 Å². The highest BCUT2D eigenvalue weighted by Crippen LogP contribution is 2.23. The Hall–Kier alpha value is -3.16. The van der Waals surface area contributed by atoms with Gasteiger partial charge in [-0.15, -0.1) is 0 Å². The number of aromatic amines is 1. The van der Waals surface area contributed by atoms with Crippen molar-refractivity contribution in [3.63, 3.8) is 0 Å². The van der Waals surface area contributed by atoms with E-state index in [0.717, 1.165) is 29.4 Å². The summed E-state index contributed by atoms with van der Waals surface area (Å²) in [6.45, 7) is -0.616. The number of carbonyl (C=O) groups is 2. The third kappa shape index (κ3) is 3.44. The predicted octanol–water partition coefficient (Wildman–Crippen LogP) is 0.113. The Labute approximate surface area is 148 Å². The number of aromatic nitrogens is 2. The number of anilines is 1. The number of nitrogen functional groups attached to an aromatic ring is 1. The van der Waals surface area contributed by atoms with Crippen molar-refractivity contribution in [3.8, 4) is 0 Å². The number of hydrogen-bond donors (Lipinski definition) is 2. The van der Waals surface area contributed by atoms with E-state index < -0.39 is 35.2 Å². The molecule has 0 fully saturated rings. The average molecular weight is 357 g/mol. The number of carbonyl (C=O) groups excluding carboxylic acids is 2. The Morgan fingerprint density at radius 1 is 1.23 bits per heavy atom. The molecule has 1 aromatic heterocycles. The fraction of sp³-hybridized carbons (Fsp3) is 0.333. The Kier molecular flexibility index (Phi) is 4.75. The fourth-order valence-corrected chi connectivity index (χ4v) is 3.08. The van der Waals surface area contributed by atoms with Crippen LogP contribution in [0.2, 0.25) is 0 Å². The molecule has 1 aromatic carbocycles. The van der Waals surface area contributed by atoms with E-state index in [1.807, 2.05) is 23.2 Å². The molecule has 3 N–H and O–H groups in total. The number of rotatable bonds is 5. The highest BCUT2D eigenvalue weighted by Gasteiger charge is 2.20. The van der Waals surface area contributed by atoms with E-state index in [1.165, 1.54) is 18.2 Å². The van der Waals surface area contributed by atoms with Crippen LogP contribution in [0.15, 0.2) is 27.8 Å². The summed E-state index contributed by atoms with van der Waals surface area (Å²) in [4.78, 5) is 49.4. The van der Waals surface area contributed by atoms with Crippen LogP contribution >= 0.6 is 0 Å². The van der Waals surface area contributed by atoms with E-state index in [4.69, 9.17) is 10.5 Å². The number of Topliss-reactive ketones (excluding diaryl/α,β-unsaturated/α-hetero) is 1. The number of nitrogens with two attached hydrogens (primary N) is 1. The van der Waals surface area contributed by atoms with Crippen molar-refractivity contribution in [1.82, 2.24) is 9.55 Å². The number of esters is 1. The zero-order valence-electron chi connectivity index (χ0n) is 14.3. The number of hydrogen-bond acceptors (Lipinski definition) is 6. The first-order valence-electron chi connectivity index (χ1n) is 8.25. The number of ketones is 1. The number of benzene rings is 1. The fourth-order valence-electron chi connectivity index (χ4n) is 3.08. The van der Waals surface area contributed by atoms with Crippen LogP contribution in [0.1, 0.15) is 33.5 Å². The van der Waals surface area contributed by atoms with Gasteiger partial charge in [0.25, 0.3) is 5.56 Å². The van der Waals surface area contributed by atoms with Gasteiger partial charge in [0.05, 0.1) is 6.42 Å². The van der Waals surface area contributed by atoms with E-state index in [1.54, 1.807) is 0 Å². The monoisotopic (exact) mass is 357 g/mol. The maximum Gasteiger partial charge on any atom is 0.329 e. The summed E-state index contributed by atoms with van der Waals surface area (Å²) >= 11 is 0. The lowest BCUT2D eigenvalue weighted by Crippen LogP contribution is -2.35. The number of H-pyrrole nitrogens is 1. The molecule has 0 radical (unpaired) electrons. The lowest BCUT2D eigenvalue weighted by atomic mass is 10.0. The summed E-state index contributed by atoms with van der Waals surface area (Å²) < 4.78 is 5.92. The van der Waals surface area contributed by atoms with Crippen LogP contribution in [0.25, 0.3) is 0 Å². The molecule has 0 amide bonds. The van der Waals surface area contributed by atoms with Gasteiger partial charge in [0.15, 0.2) is 6.61 Å². The van der Waals surface area contributed by atoms with E-state index in [0.29, 0.717) is 0 Å². The first-order valence-corrected chi connectivity index (χ1v) is 8.25. The zero-order valence-corrected chi connectivity index (χ0v) is 14.3. The summed E-state index contributed by atoms with van der Waals surface area (Å²) in [6, 6.07) is 5.88. The highest BCUT2D eigenvalue weighted by molar-refractivity contribution is 6.01. The third-order valence-electron chi connectivity index (χ3n) is 4.52. The SMILES string of the molecule is Cn1c(N)c(C(=O)COC(=O)Cc2ccc3c(c2)CCC3)c(=O)[nH]c1=O. The minimum Gasteiger partial charge on any atom is -0.457 e. The van der Waals surface area contributed by atoms with E-state index in [2.05, 4.69) is 0 Å². The van der Waals surface area contributed by atoms with Gasteiger partial charge in [-0.3, -0.25) is 23.9 Å². The first-order chi connectivity index (χ1) is 12.4. The predicted molar refractivity (Wildman–Crippen MR) is 94.2 cm³/mol. The molecular weight excluding hydrogens is 338 g/mol. The number of nitrogens with zero attached hydrogens (tertiary/aromatic N) is 1. The summed E-state index contributed by atoms with van der Waals surface area (Å²) in [7, 11) is 1.32. The minimum absolute atomic E-state index is 0.0413. The number of fused-ring (bicyclic) bond motifs is 1. The van der Waals surface area contributed by atoms with Crippen molar-refractivity contribution in [2.75, 3.05) is 12.3 Å². The summed E-state index contributed by atoms with van der Waals surface area (Å²) in [5.74, 6) is -1.60. The molecule has 2 aromatic rings. The summed E-state index contributed by atoms with van der Waals surface area (Å²) in [6.07, 6.45) is 3.22. The molecule has 26 heavy (non-hydrogen) atoms. The van der Waals surface area contributed by atoms with Crippen molar-refractivity contribution in [2.24, 2.45) is 7.05 Å². The Morgan fingerprint density at radius 3 is 2.73 bits per heavy atom. The summed E-state index contributed by atoms with van der Waals surface area (Å²) in [5.41, 5.74) is 7.01. The third-order valence-corrected chi connectivity index (χ3v) is 4.52. The molecule has 0 aliphatic heterocycles. The molecule has 1 aliphatic carbocycles. The van der Waals surface area contributed by atoms with Gasteiger partial charge in [-0.1, -0.05) is 18.2 Å². The van der Waals surface area contributed by atoms with Crippen LogP contribution in [0, 0.1) is 0 Å². The van der Waals surface area contributed by atoms with E-state index in [9.17, 15) is 19.2 Å². The molecule has 0 atom stereocenters. The molecule has 0 bridgehead atoms. The molecule has 0 spiro atoms. The smallest absolute Gasteiger partial charge is 0.329 e. The topological polar surface area (TPSA) is 124 Å². The van der Waals surface area contributed by atoms with Gasteiger partial charge >= 0.3 is 11.7 Å². The van der Waals surface area contributed by atoms with Crippen molar-refractivity contribution in [2.45, 2.75) is 25.7 Å². The second-order valence-electron chi connectivity index (χ2n) is 6.30. The van der Waals surface area contributed by atoms with Gasteiger partial charge in [0.2, 0.25) is 5.78 Å². The Bertz CT molecular complexity index is 1000. The second-order valence-corrected chi connectivity index (χ2v) is 6.30. The van der Waals surface area contributed by atoms with Crippen LogP contribution < -0.4 is 17.0 Å². The van der Waals surface area contributed by atoms with Gasteiger partial charge in [0, 0.05) is 7.05 Å². The molecule has 0 saturated heterocycles. The van der Waals surface area contributed by atoms with Crippen LogP contribution in [0.5, 0.6) is 0 Å². The molecule has 0 unspecified atom stereocenters. The van der Waals surface area contributed by atoms with Gasteiger partial charge in [-0.05, 0) is 36.0 Å². The van der Waals surface area contributed by atoms with E-state index >= 15 is 0 Å². The van der Waals surface area contributed by atoms with Crippen molar-refractivity contribution in [3.05, 3.63) is 61.3 Å². The Morgan fingerprint density at radius 2 is 1.96 bits per heavy atom. The van der Waals surface area contributed by atoms with Crippen molar-refractivity contribution >= 4 is 17.6 Å². The van der Waals surface area contributed by atoms with Crippen LogP contribution in [0.4, 0.5) is 5.82 Å². The van der Waals surface area contributed by atoms with E-state index in [-0.39, 0.29) is 12.2 Å².